The van der Waals surface area contributed by atoms with Crippen LogP contribution in [0.3, 0.4) is 0 Å². The van der Waals surface area contributed by atoms with E-state index in [4.69, 9.17) is 10.5 Å². The molecular weight excluding hydrogens is 450 g/mol. The molecule has 192 valence electrons. The Kier molecular flexibility index (Phi) is 8.40. The summed E-state index contributed by atoms with van der Waals surface area (Å²) >= 11 is 0. The monoisotopic (exact) mass is 487 g/mol. The van der Waals surface area contributed by atoms with Crippen molar-refractivity contribution in [3.05, 3.63) is 29.3 Å². The molecule has 0 saturated carbocycles. The van der Waals surface area contributed by atoms with Gasteiger partial charge in [-0.05, 0) is 70.9 Å². The van der Waals surface area contributed by atoms with Crippen molar-refractivity contribution in [3.8, 4) is 0 Å². The van der Waals surface area contributed by atoms with Crippen LogP contribution in [0.1, 0.15) is 80.0 Å². The zero-order valence-corrected chi connectivity index (χ0v) is 20.9. The maximum Gasteiger partial charge on any atom is 0.410 e. The standard InChI is InChI=1S/C26H37N3O6/c1-26(2,3)35-25(34)28-14-11-17(12-15-28)9-10-21(30)29-13-5-6-18(16-29)23(31)19-7-4-8-20(22(19)27)24(32)33/h4,7-8,17-18H,5-6,9-16,27H2,1-3H3,(H,32,33)/t18-/m1/s1. The Morgan fingerprint density at radius 2 is 1.69 bits per heavy atom. The molecule has 3 rings (SSSR count). The average molecular weight is 488 g/mol. The maximum absolute atomic E-state index is 13.1. The number of carboxylic acids is 1. The Morgan fingerprint density at radius 3 is 2.31 bits per heavy atom. The summed E-state index contributed by atoms with van der Waals surface area (Å²) in [7, 11) is 0. The predicted molar refractivity (Wildman–Crippen MR) is 131 cm³/mol. The van der Waals surface area contributed by atoms with E-state index in [1.807, 2.05) is 20.8 Å². The summed E-state index contributed by atoms with van der Waals surface area (Å²) in [4.78, 5) is 53.1. The van der Waals surface area contributed by atoms with Crippen LogP contribution in [0, 0.1) is 11.8 Å². The molecule has 0 aromatic heterocycles. The first-order valence-corrected chi connectivity index (χ1v) is 12.4. The van der Waals surface area contributed by atoms with Crippen LogP contribution in [0.25, 0.3) is 0 Å². The van der Waals surface area contributed by atoms with Crippen molar-refractivity contribution in [1.29, 1.82) is 0 Å². The molecule has 35 heavy (non-hydrogen) atoms. The predicted octanol–water partition coefficient (Wildman–Crippen LogP) is 3.82. The molecule has 0 aliphatic carbocycles. The molecule has 2 saturated heterocycles. The van der Waals surface area contributed by atoms with Crippen molar-refractivity contribution in [3.63, 3.8) is 0 Å². The van der Waals surface area contributed by atoms with Crippen molar-refractivity contribution in [2.45, 2.75) is 64.9 Å². The number of amides is 2. The minimum absolute atomic E-state index is 0.0221. The number of rotatable bonds is 6. The second-order valence-electron chi connectivity index (χ2n) is 10.6. The fourth-order valence-electron chi connectivity index (χ4n) is 4.82. The topological polar surface area (TPSA) is 130 Å². The summed E-state index contributed by atoms with van der Waals surface area (Å²) in [5.74, 6) is -1.37. The van der Waals surface area contributed by atoms with Gasteiger partial charge in [0.2, 0.25) is 5.91 Å². The van der Waals surface area contributed by atoms with Crippen LogP contribution < -0.4 is 5.73 Å². The highest BCUT2D eigenvalue weighted by atomic mass is 16.6. The molecular formula is C26H37N3O6. The molecule has 1 aromatic rings. The summed E-state index contributed by atoms with van der Waals surface area (Å²) in [5, 5.41) is 9.28. The number of carboxylic acid groups (broad SMARTS) is 1. The number of benzene rings is 1. The lowest BCUT2D eigenvalue weighted by atomic mass is 9.88. The summed E-state index contributed by atoms with van der Waals surface area (Å²) in [6.45, 7) is 7.75. The van der Waals surface area contributed by atoms with E-state index in [-0.39, 0.29) is 34.6 Å². The van der Waals surface area contributed by atoms with E-state index in [9.17, 15) is 24.3 Å². The van der Waals surface area contributed by atoms with Crippen LogP contribution in [-0.2, 0) is 9.53 Å². The Hall–Kier alpha value is -3.10. The fourth-order valence-corrected chi connectivity index (χ4v) is 4.82. The number of likely N-dealkylation sites (tertiary alicyclic amines) is 2. The number of ether oxygens (including phenoxy) is 1. The molecule has 9 nitrogen and oxygen atoms in total. The second-order valence-corrected chi connectivity index (χ2v) is 10.6. The lowest BCUT2D eigenvalue weighted by Gasteiger charge is -2.34. The largest absolute Gasteiger partial charge is 0.478 e. The Morgan fingerprint density at radius 1 is 1.03 bits per heavy atom. The molecule has 1 aromatic carbocycles. The lowest BCUT2D eigenvalue weighted by Crippen LogP contribution is -2.43. The number of carbonyl (C=O) groups excluding carboxylic acids is 3. The number of ketones is 1. The first-order valence-electron chi connectivity index (χ1n) is 12.4. The summed E-state index contributed by atoms with van der Waals surface area (Å²) in [5.41, 5.74) is 5.55. The molecule has 0 bridgehead atoms. The summed E-state index contributed by atoms with van der Waals surface area (Å²) < 4.78 is 5.44. The number of piperidine rings is 2. The Balaban J connectivity index is 1.49. The highest BCUT2D eigenvalue weighted by molar-refractivity contribution is 6.07. The van der Waals surface area contributed by atoms with Gasteiger partial charge < -0.3 is 25.4 Å². The van der Waals surface area contributed by atoms with Crippen LogP contribution in [-0.4, -0.2) is 70.4 Å². The molecule has 9 heteroatoms. The smallest absolute Gasteiger partial charge is 0.410 e. The molecule has 1 atom stereocenters. The summed E-state index contributed by atoms with van der Waals surface area (Å²) in [6, 6.07) is 4.45. The van der Waals surface area contributed by atoms with Crippen molar-refractivity contribution >= 4 is 29.4 Å². The van der Waals surface area contributed by atoms with Crippen LogP contribution in [0.2, 0.25) is 0 Å². The molecule has 0 unspecified atom stereocenters. The van der Waals surface area contributed by atoms with Crippen LogP contribution in [0.5, 0.6) is 0 Å². The molecule has 0 spiro atoms. The first-order chi connectivity index (χ1) is 16.5. The third kappa shape index (κ3) is 6.96. The number of Topliss-reactive ketones (excluding diaryl/α,β-unsaturated/α-hetero) is 1. The van der Waals surface area contributed by atoms with E-state index in [1.165, 1.54) is 12.1 Å². The molecule has 3 N–H and O–H groups in total. The lowest BCUT2D eigenvalue weighted by molar-refractivity contribution is -0.133. The van der Waals surface area contributed by atoms with Gasteiger partial charge in [-0.15, -0.1) is 0 Å². The zero-order valence-electron chi connectivity index (χ0n) is 20.9. The fraction of sp³-hybridized carbons (Fsp3) is 0.615. The second kappa shape index (κ2) is 11.1. The van der Waals surface area contributed by atoms with Crippen molar-refractivity contribution in [1.82, 2.24) is 9.80 Å². The normalized spacial score (nSPS) is 19.3. The van der Waals surface area contributed by atoms with Gasteiger partial charge in [-0.25, -0.2) is 9.59 Å². The van der Waals surface area contributed by atoms with E-state index in [0.29, 0.717) is 44.9 Å². The van der Waals surface area contributed by atoms with E-state index >= 15 is 0 Å². The molecule has 0 radical (unpaired) electrons. The van der Waals surface area contributed by atoms with E-state index in [1.54, 1.807) is 15.9 Å². The highest BCUT2D eigenvalue weighted by Crippen LogP contribution is 2.28. The van der Waals surface area contributed by atoms with Gasteiger partial charge in [-0.1, -0.05) is 6.07 Å². The van der Waals surface area contributed by atoms with Gasteiger partial charge in [0, 0.05) is 44.1 Å². The molecule has 2 amide bonds. The van der Waals surface area contributed by atoms with Crippen molar-refractivity contribution < 1.29 is 29.0 Å². The number of aromatic carboxylic acids is 1. The van der Waals surface area contributed by atoms with Crippen molar-refractivity contribution in [2.24, 2.45) is 11.8 Å². The van der Waals surface area contributed by atoms with Gasteiger partial charge in [0.05, 0.1) is 11.3 Å². The number of nitrogens with zero attached hydrogens (tertiary/aromatic N) is 2. The maximum atomic E-state index is 13.1. The van der Waals surface area contributed by atoms with E-state index < -0.39 is 17.5 Å². The SMILES string of the molecule is CC(C)(C)OC(=O)N1CCC(CCC(=O)N2CCC[C@@H](C(=O)c3cccc(C(=O)O)c3N)C2)CC1. The van der Waals surface area contributed by atoms with Crippen LogP contribution in [0.15, 0.2) is 18.2 Å². The summed E-state index contributed by atoms with van der Waals surface area (Å²) in [6.07, 6.45) is 3.92. The Bertz CT molecular complexity index is 962. The number of nitrogens with two attached hydrogens (primary N) is 1. The highest BCUT2D eigenvalue weighted by Gasteiger charge is 2.32. The molecule has 2 aliphatic rings. The van der Waals surface area contributed by atoms with Gasteiger partial charge in [0.1, 0.15) is 5.60 Å². The number of hydrogen-bond acceptors (Lipinski definition) is 6. The minimum Gasteiger partial charge on any atom is -0.478 e. The zero-order chi connectivity index (χ0) is 25.8. The number of nitrogen functional groups attached to an aromatic ring is 1. The molecule has 2 heterocycles. The number of carbonyl (C=O) groups is 4. The quantitative estimate of drug-likeness (QED) is 0.461. The number of hydrogen-bond donors (Lipinski definition) is 2. The van der Waals surface area contributed by atoms with Gasteiger partial charge in [-0.3, -0.25) is 9.59 Å². The van der Waals surface area contributed by atoms with Gasteiger partial charge in [0.25, 0.3) is 0 Å². The number of para-hydroxylation sites is 1. The third-order valence-electron chi connectivity index (χ3n) is 6.78. The average Bonchev–Trinajstić information content (AvgIpc) is 2.81. The van der Waals surface area contributed by atoms with E-state index in [2.05, 4.69) is 0 Å². The number of anilines is 1. The van der Waals surface area contributed by atoms with Crippen molar-refractivity contribution in [2.75, 3.05) is 31.9 Å². The first kappa shape index (κ1) is 26.5. The van der Waals surface area contributed by atoms with Gasteiger partial charge in [0.15, 0.2) is 5.78 Å². The molecule has 2 aliphatic heterocycles. The van der Waals surface area contributed by atoms with Gasteiger partial charge >= 0.3 is 12.1 Å². The van der Waals surface area contributed by atoms with Crippen LogP contribution in [0.4, 0.5) is 10.5 Å². The molecule has 2 fully saturated rings. The minimum atomic E-state index is -1.17. The third-order valence-corrected chi connectivity index (χ3v) is 6.78. The van der Waals surface area contributed by atoms with E-state index in [0.717, 1.165) is 25.7 Å². The van der Waals surface area contributed by atoms with Crippen LogP contribution >= 0.6 is 0 Å². The van der Waals surface area contributed by atoms with Gasteiger partial charge in [-0.2, -0.15) is 0 Å². The Labute approximate surface area is 206 Å².